The number of carbonyl (C=O) groups is 1. The van der Waals surface area contributed by atoms with Crippen LogP contribution in [0.3, 0.4) is 0 Å². The summed E-state index contributed by atoms with van der Waals surface area (Å²) in [5, 5.41) is 4.99. The summed E-state index contributed by atoms with van der Waals surface area (Å²) in [7, 11) is -1.68. The van der Waals surface area contributed by atoms with Crippen molar-refractivity contribution >= 4 is 32.7 Å². The van der Waals surface area contributed by atoms with E-state index in [1.165, 1.54) is 0 Å². The van der Waals surface area contributed by atoms with Crippen molar-refractivity contribution in [3.8, 4) is 28.6 Å². The molecule has 250 valence electrons. The molecule has 0 bridgehead atoms. The van der Waals surface area contributed by atoms with Crippen molar-refractivity contribution in [3.63, 3.8) is 0 Å². The first-order valence-electron chi connectivity index (χ1n) is 15.9. The van der Waals surface area contributed by atoms with E-state index in [2.05, 4.69) is 15.3 Å². The lowest BCUT2D eigenvalue weighted by Gasteiger charge is -2.34. The molecule has 2 aromatic heterocycles. The molecule has 0 saturated carbocycles. The Kier molecular flexibility index (Phi) is 10.2. The molecule has 1 aliphatic rings. The van der Waals surface area contributed by atoms with Gasteiger partial charge in [0.1, 0.15) is 17.1 Å². The molecular weight excluding hydrogens is 618 g/mol. The standard InChI is InChI=1S/C35H43N5O6S/c1-7-18-47(42,43)22-24-10-8-12-28-27(24)14-13-23(2)31(28)45-32-29(19-26(44-6)20-37-32)30-15-16-36-33(39-30)38-25-11-9-17-40(21-25)34(41)46-35(3,4)5/h8,10,12-16,19-20,25H,7,9,11,17-18,21-22H2,1-6H3,(H,36,38,39)/t25-/m0/s1. The lowest BCUT2D eigenvalue weighted by Crippen LogP contribution is -2.47. The van der Waals surface area contributed by atoms with Crippen molar-refractivity contribution in [2.24, 2.45) is 0 Å². The summed E-state index contributed by atoms with van der Waals surface area (Å²) >= 11 is 0. The number of fused-ring (bicyclic) bond motifs is 1. The smallest absolute Gasteiger partial charge is 0.410 e. The second-order valence-electron chi connectivity index (χ2n) is 12.8. The molecule has 1 fully saturated rings. The molecule has 1 amide bonds. The lowest BCUT2D eigenvalue weighted by atomic mass is 10.0. The van der Waals surface area contributed by atoms with Gasteiger partial charge in [-0.2, -0.15) is 0 Å². The van der Waals surface area contributed by atoms with E-state index in [1.54, 1.807) is 30.5 Å². The maximum atomic E-state index is 12.7. The van der Waals surface area contributed by atoms with E-state index in [0.29, 0.717) is 54.1 Å². The normalized spacial score (nSPS) is 15.4. The highest BCUT2D eigenvalue weighted by molar-refractivity contribution is 7.90. The third kappa shape index (κ3) is 8.48. The molecule has 1 saturated heterocycles. The molecular formula is C35H43N5O6S. The van der Waals surface area contributed by atoms with Gasteiger partial charge in [0.2, 0.25) is 11.8 Å². The zero-order valence-electron chi connectivity index (χ0n) is 27.9. The molecule has 1 atom stereocenters. The minimum atomic E-state index is -3.25. The Morgan fingerprint density at radius 1 is 1.11 bits per heavy atom. The number of hydrogen-bond acceptors (Lipinski definition) is 10. The molecule has 0 aliphatic carbocycles. The molecule has 11 nitrogen and oxygen atoms in total. The summed E-state index contributed by atoms with van der Waals surface area (Å²) in [6.07, 6.45) is 5.15. The van der Waals surface area contributed by atoms with Crippen LogP contribution in [-0.2, 0) is 20.3 Å². The number of benzene rings is 2. The monoisotopic (exact) mass is 661 g/mol. The predicted octanol–water partition coefficient (Wildman–Crippen LogP) is 6.94. The van der Waals surface area contributed by atoms with E-state index in [0.717, 1.165) is 34.7 Å². The summed E-state index contributed by atoms with van der Waals surface area (Å²) in [6, 6.07) is 13.0. The average molecular weight is 662 g/mol. The van der Waals surface area contributed by atoms with Crippen molar-refractivity contribution in [2.45, 2.75) is 71.3 Å². The van der Waals surface area contributed by atoms with Gasteiger partial charge < -0.3 is 24.4 Å². The predicted molar refractivity (Wildman–Crippen MR) is 183 cm³/mol. The second kappa shape index (κ2) is 14.1. The van der Waals surface area contributed by atoms with E-state index >= 15 is 0 Å². The molecule has 0 radical (unpaired) electrons. The highest BCUT2D eigenvalue weighted by Gasteiger charge is 2.28. The van der Waals surface area contributed by atoms with Gasteiger partial charge in [0.05, 0.1) is 36.1 Å². The second-order valence-corrected chi connectivity index (χ2v) is 15.0. The van der Waals surface area contributed by atoms with Crippen molar-refractivity contribution in [1.82, 2.24) is 19.9 Å². The van der Waals surface area contributed by atoms with Crippen LogP contribution < -0.4 is 14.8 Å². The van der Waals surface area contributed by atoms with Crippen LogP contribution in [0.5, 0.6) is 17.4 Å². The first-order valence-corrected chi connectivity index (χ1v) is 17.7. The van der Waals surface area contributed by atoms with Gasteiger partial charge in [0.25, 0.3) is 0 Å². The van der Waals surface area contributed by atoms with Crippen LogP contribution in [0, 0.1) is 6.92 Å². The molecule has 1 aliphatic heterocycles. The van der Waals surface area contributed by atoms with Gasteiger partial charge in [-0.3, -0.25) is 0 Å². The van der Waals surface area contributed by atoms with E-state index < -0.39 is 15.4 Å². The number of rotatable bonds is 10. The Bertz CT molecular complexity index is 1860. The van der Waals surface area contributed by atoms with Gasteiger partial charge in [-0.05, 0) is 75.6 Å². The molecule has 4 aromatic rings. The van der Waals surface area contributed by atoms with Gasteiger partial charge in [-0.25, -0.2) is 28.2 Å². The van der Waals surface area contributed by atoms with Gasteiger partial charge >= 0.3 is 6.09 Å². The van der Waals surface area contributed by atoms with E-state index in [-0.39, 0.29) is 23.6 Å². The van der Waals surface area contributed by atoms with Gasteiger partial charge in [-0.15, -0.1) is 0 Å². The Hall–Kier alpha value is -4.45. The van der Waals surface area contributed by atoms with Crippen LogP contribution in [0.15, 0.2) is 54.9 Å². The zero-order valence-corrected chi connectivity index (χ0v) is 28.7. The summed E-state index contributed by atoms with van der Waals surface area (Å²) in [5.41, 5.74) is 2.18. The highest BCUT2D eigenvalue weighted by Crippen LogP contribution is 2.39. The first-order chi connectivity index (χ1) is 22.4. The fraction of sp³-hybridized carbons (Fsp3) is 0.429. The Morgan fingerprint density at radius 3 is 2.66 bits per heavy atom. The number of nitrogens with one attached hydrogen (secondary N) is 1. The van der Waals surface area contributed by atoms with E-state index in [1.807, 2.05) is 71.0 Å². The van der Waals surface area contributed by atoms with Crippen LogP contribution in [0.4, 0.5) is 10.7 Å². The number of likely N-dealkylation sites (tertiary alicyclic amines) is 1. The third-order valence-electron chi connectivity index (χ3n) is 7.79. The largest absolute Gasteiger partial charge is 0.495 e. The van der Waals surface area contributed by atoms with Crippen LogP contribution >= 0.6 is 0 Å². The Morgan fingerprint density at radius 2 is 1.91 bits per heavy atom. The number of aryl methyl sites for hydroxylation is 1. The van der Waals surface area contributed by atoms with Crippen LogP contribution in [0.1, 0.15) is 58.1 Å². The average Bonchev–Trinajstić information content (AvgIpc) is 3.02. The zero-order chi connectivity index (χ0) is 33.8. The molecule has 0 spiro atoms. The van der Waals surface area contributed by atoms with Crippen LogP contribution in [-0.4, -0.2) is 72.0 Å². The topological polar surface area (TPSA) is 133 Å². The van der Waals surface area contributed by atoms with Gasteiger partial charge in [0.15, 0.2) is 9.84 Å². The SMILES string of the molecule is CCCS(=O)(=O)Cc1cccc2c(Oc3ncc(OC)cc3-c3ccnc(N[C@H]4CCCN(C(=O)OC(C)(C)C)C4)n3)c(C)ccc12. The minimum absolute atomic E-state index is 0.0417. The number of sulfone groups is 1. The van der Waals surface area contributed by atoms with E-state index in [4.69, 9.17) is 19.2 Å². The Labute approximate surface area is 276 Å². The number of piperidine rings is 1. The number of aromatic nitrogens is 3. The number of nitrogens with zero attached hydrogens (tertiary/aromatic N) is 4. The first kappa shape index (κ1) is 33.9. The minimum Gasteiger partial charge on any atom is -0.495 e. The molecule has 47 heavy (non-hydrogen) atoms. The third-order valence-corrected chi connectivity index (χ3v) is 9.57. The highest BCUT2D eigenvalue weighted by atomic mass is 32.2. The number of pyridine rings is 1. The summed E-state index contributed by atoms with van der Waals surface area (Å²) < 4.78 is 43.0. The summed E-state index contributed by atoms with van der Waals surface area (Å²) in [6.45, 7) is 10.5. The maximum absolute atomic E-state index is 12.7. The number of carbonyl (C=O) groups excluding carboxylic acids is 1. The molecule has 5 rings (SSSR count). The number of methoxy groups -OCH3 is 1. The van der Waals surface area contributed by atoms with E-state index in [9.17, 15) is 13.2 Å². The number of anilines is 1. The van der Waals surface area contributed by atoms with Gasteiger partial charge in [0, 0.05) is 30.7 Å². The maximum Gasteiger partial charge on any atom is 0.410 e. The molecule has 1 N–H and O–H groups in total. The van der Waals surface area contributed by atoms with Crippen molar-refractivity contribution < 1.29 is 27.4 Å². The van der Waals surface area contributed by atoms with Gasteiger partial charge in [-0.1, -0.05) is 37.3 Å². The number of hydrogen-bond donors (Lipinski definition) is 1. The molecule has 2 aromatic carbocycles. The van der Waals surface area contributed by atoms with Crippen molar-refractivity contribution in [1.29, 1.82) is 0 Å². The van der Waals surface area contributed by atoms with Crippen molar-refractivity contribution in [2.75, 3.05) is 31.3 Å². The Balaban J connectivity index is 1.44. The molecule has 0 unspecified atom stereocenters. The summed E-state index contributed by atoms with van der Waals surface area (Å²) in [5.74, 6) is 1.91. The quantitative estimate of drug-likeness (QED) is 0.191. The number of ether oxygens (including phenoxy) is 3. The molecule has 12 heteroatoms. The van der Waals surface area contributed by atoms with Crippen LogP contribution in [0.25, 0.3) is 22.0 Å². The fourth-order valence-corrected chi connectivity index (χ4v) is 7.13. The van der Waals surface area contributed by atoms with Crippen molar-refractivity contribution in [3.05, 3.63) is 66.0 Å². The summed E-state index contributed by atoms with van der Waals surface area (Å²) in [4.78, 5) is 28.3. The van der Waals surface area contributed by atoms with Crippen LogP contribution in [0.2, 0.25) is 0 Å². The lowest BCUT2D eigenvalue weighted by molar-refractivity contribution is 0.0206. The number of amides is 1. The molecule has 3 heterocycles. The fourth-order valence-electron chi connectivity index (χ4n) is 5.64.